The number of benzene rings is 1. The highest BCUT2D eigenvalue weighted by Crippen LogP contribution is 2.20. The minimum Gasteiger partial charge on any atom is -0.397 e. The average Bonchev–Trinajstić information content (AvgIpc) is 2.30. The number of unbranched alkanes of at least 4 members (excludes halogenated alkanes) is 5. The van der Waals surface area contributed by atoms with E-state index >= 15 is 0 Å². The SMILES string of the molecule is CCCCCCCCNc1ccc(I)cc1N. The summed E-state index contributed by atoms with van der Waals surface area (Å²) in [6.07, 6.45) is 7.97. The Morgan fingerprint density at radius 1 is 1.12 bits per heavy atom. The summed E-state index contributed by atoms with van der Waals surface area (Å²) in [5.74, 6) is 0. The van der Waals surface area contributed by atoms with E-state index in [4.69, 9.17) is 5.73 Å². The third-order valence-electron chi connectivity index (χ3n) is 2.86. The number of nitrogens with one attached hydrogen (secondary N) is 1. The van der Waals surface area contributed by atoms with Crippen LogP contribution in [0, 0.1) is 3.57 Å². The standard InChI is InChI=1S/C14H23IN2/c1-2-3-4-5-6-7-10-17-14-9-8-12(15)11-13(14)16/h8-9,11,17H,2-7,10,16H2,1H3. The van der Waals surface area contributed by atoms with Crippen molar-refractivity contribution < 1.29 is 0 Å². The van der Waals surface area contributed by atoms with Crippen molar-refractivity contribution in [1.82, 2.24) is 0 Å². The van der Waals surface area contributed by atoms with Crippen molar-refractivity contribution in [2.45, 2.75) is 45.4 Å². The van der Waals surface area contributed by atoms with E-state index in [2.05, 4.69) is 47.0 Å². The van der Waals surface area contributed by atoms with Gasteiger partial charge in [-0.05, 0) is 47.2 Å². The zero-order chi connectivity index (χ0) is 12.5. The summed E-state index contributed by atoms with van der Waals surface area (Å²) in [7, 11) is 0. The van der Waals surface area contributed by atoms with E-state index in [0.717, 1.165) is 17.9 Å². The number of hydrogen-bond donors (Lipinski definition) is 2. The minimum atomic E-state index is 0.850. The molecule has 0 saturated heterocycles. The van der Waals surface area contributed by atoms with Gasteiger partial charge in [-0.15, -0.1) is 0 Å². The Kier molecular flexibility index (Phi) is 7.40. The molecule has 0 unspecified atom stereocenters. The fourth-order valence-corrected chi connectivity index (χ4v) is 2.34. The molecule has 0 aliphatic heterocycles. The van der Waals surface area contributed by atoms with E-state index in [1.165, 1.54) is 42.1 Å². The molecule has 0 aliphatic carbocycles. The van der Waals surface area contributed by atoms with Gasteiger partial charge in [-0.3, -0.25) is 0 Å². The molecule has 0 atom stereocenters. The molecule has 1 rings (SSSR count). The Morgan fingerprint density at radius 2 is 1.82 bits per heavy atom. The highest BCUT2D eigenvalue weighted by atomic mass is 127. The molecule has 1 aromatic carbocycles. The lowest BCUT2D eigenvalue weighted by atomic mass is 10.1. The molecule has 17 heavy (non-hydrogen) atoms. The largest absolute Gasteiger partial charge is 0.397 e. The van der Waals surface area contributed by atoms with Gasteiger partial charge < -0.3 is 11.1 Å². The highest BCUT2D eigenvalue weighted by molar-refractivity contribution is 14.1. The first-order valence-corrected chi connectivity index (χ1v) is 7.61. The number of anilines is 2. The number of halogens is 1. The Hall–Kier alpha value is -0.450. The molecule has 0 aliphatic rings. The van der Waals surface area contributed by atoms with Crippen molar-refractivity contribution in [2.75, 3.05) is 17.6 Å². The smallest absolute Gasteiger partial charge is 0.0574 e. The van der Waals surface area contributed by atoms with Crippen LogP contribution in [0.3, 0.4) is 0 Å². The average molecular weight is 346 g/mol. The van der Waals surface area contributed by atoms with Gasteiger partial charge in [0.15, 0.2) is 0 Å². The van der Waals surface area contributed by atoms with Crippen molar-refractivity contribution >= 4 is 34.0 Å². The molecule has 0 bridgehead atoms. The Balaban J connectivity index is 2.14. The van der Waals surface area contributed by atoms with Gasteiger partial charge in [0.05, 0.1) is 11.4 Å². The zero-order valence-corrected chi connectivity index (χ0v) is 12.8. The van der Waals surface area contributed by atoms with Crippen molar-refractivity contribution in [2.24, 2.45) is 0 Å². The zero-order valence-electron chi connectivity index (χ0n) is 10.6. The second-order valence-electron chi connectivity index (χ2n) is 4.43. The Morgan fingerprint density at radius 3 is 2.53 bits per heavy atom. The summed E-state index contributed by atoms with van der Waals surface area (Å²) in [6, 6.07) is 6.15. The van der Waals surface area contributed by atoms with Crippen LogP contribution >= 0.6 is 22.6 Å². The van der Waals surface area contributed by atoms with E-state index < -0.39 is 0 Å². The van der Waals surface area contributed by atoms with Crippen molar-refractivity contribution in [3.63, 3.8) is 0 Å². The van der Waals surface area contributed by atoms with Gasteiger partial charge in [0.1, 0.15) is 0 Å². The molecule has 0 aromatic heterocycles. The Labute approximate surface area is 119 Å². The molecule has 2 nitrogen and oxygen atoms in total. The maximum atomic E-state index is 5.93. The van der Waals surface area contributed by atoms with Gasteiger partial charge in [-0.25, -0.2) is 0 Å². The summed E-state index contributed by atoms with van der Waals surface area (Å²) >= 11 is 2.28. The maximum Gasteiger partial charge on any atom is 0.0574 e. The minimum absolute atomic E-state index is 0.850. The van der Waals surface area contributed by atoms with E-state index in [1.807, 2.05) is 6.07 Å². The number of hydrogen-bond acceptors (Lipinski definition) is 2. The van der Waals surface area contributed by atoms with Crippen LogP contribution in [-0.4, -0.2) is 6.54 Å². The van der Waals surface area contributed by atoms with E-state index in [1.54, 1.807) is 0 Å². The van der Waals surface area contributed by atoms with Gasteiger partial charge in [0.25, 0.3) is 0 Å². The van der Waals surface area contributed by atoms with E-state index in [0.29, 0.717) is 0 Å². The number of nitrogen functional groups attached to an aromatic ring is 1. The molecule has 3 N–H and O–H groups in total. The van der Waals surface area contributed by atoms with Crippen LogP contribution < -0.4 is 11.1 Å². The normalized spacial score (nSPS) is 10.5. The molecule has 0 radical (unpaired) electrons. The second kappa shape index (κ2) is 8.61. The first-order chi connectivity index (χ1) is 8.24. The molecule has 3 heteroatoms. The Bertz CT molecular complexity index is 326. The van der Waals surface area contributed by atoms with Gasteiger partial charge in [0.2, 0.25) is 0 Å². The topological polar surface area (TPSA) is 38.0 Å². The van der Waals surface area contributed by atoms with Crippen LogP contribution in [0.2, 0.25) is 0 Å². The molecule has 0 fully saturated rings. The lowest BCUT2D eigenvalue weighted by molar-refractivity contribution is 0.617. The summed E-state index contributed by atoms with van der Waals surface area (Å²) in [6.45, 7) is 3.28. The maximum absolute atomic E-state index is 5.93. The van der Waals surface area contributed by atoms with Crippen LogP contribution in [0.5, 0.6) is 0 Å². The fourth-order valence-electron chi connectivity index (χ4n) is 1.82. The molecular formula is C14H23IN2. The highest BCUT2D eigenvalue weighted by Gasteiger charge is 1.98. The predicted octanol–water partition coefficient (Wildman–Crippen LogP) is 4.65. The monoisotopic (exact) mass is 346 g/mol. The van der Waals surface area contributed by atoms with Gasteiger partial charge in [-0.2, -0.15) is 0 Å². The summed E-state index contributed by atoms with van der Waals surface area (Å²) < 4.78 is 1.19. The summed E-state index contributed by atoms with van der Waals surface area (Å²) in [5, 5.41) is 3.40. The molecule has 0 heterocycles. The van der Waals surface area contributed by atoms with Crippen molar-refractivity contribution in [3.8, 4) is 0 Å². The third-order valence-corrected chi connectivity index (χ3v) is 3.53. The lowest BCUT2D eigenvalue weighted by Crippen LogP contribution is -2.04. The first kappa shape index (κ1) is 14.6. The molecule has 0 amide bonds. The van der Waals surface area contributed by atoms with Crippen molar-refractivity contribution in [1.29, 1.82) is 0 Å². The molecule has 1 aromatic rings. The number of nitrogens with two attached hydrogens (primary N) is 1. The summed E-state index contributed by atoms with van der Waals surface area (Å²) in [4.78, 5) is 0. The summed E-state index contributed by atoms with van der Waals surface area (Å²) in [5.41, 5.74) is 7.85. The van der Waals surface area contributed by atoms with E-state index in [-0.39, 0.29) is 0 Å². The molecule has 0 spiro atoms. The van der Waals surface area contributed by atoms with Gasteiger partial charge in [0, 0.05) is 10.1 Å². The van der Waals surface area contributed by atoms with Crippen LogP contribution in [0.1, 0.15) is 45.4 Å². The van der Waals surface area contributed by atoms with Crippen molar-refractivity contribution in [3.05, 3.63) is 21.8 Å². The van der Waals surface area contributed by atoms with Gasteiger partial charge in [-0.1, -0.05) is 39.0 Å². The third kappa shape index (κ3) is 6.15. The number of rotatable bonds is 8. The van der Waals surface area contributed by atoms with Crippen LogP contribution in [0.15, 0.2) is 18.2 Å². The van der Waals surface area contributed by atoms with E-state index in [9.17, 15) is 0 Å². The molecule has 0 saturated carbocycles. The van der Waals surface area contributed by atoms with Crippen LogP contribution in [0.25, 0.3) is 0 Å². The lowest BCUT2D eigenvalue weighted by Gasteiger charge is -2.09. The quantitative estimate of drug-likeness (QED) is 0.409. The first-order valence-electron chi connectivity index (χ1n) is 6.53. The molecule has 96 valence electrons. The predicted molar refractivity (Wildman–Crippen MR) is 85.4 cm³/mol. The van der Waals surface area contributed by atoms with Crippen LogP contribution in [-0.2, 0) is 0 Å². The van der Waals surface area contributed by atoms with Crippen LogP contribution in [0.4, 0.5) is 11.4 Å². The fraction of sp³-hybridized carbons (Fsp3) is 0.571. The second-order valence-corrected chi connectivity index (χ2v) is 5.67. The molecular weight excluding hydrogens is 323 g/mol. The van der Waals surface area contributed by atoms with Gasteiger partial charge >= 0.3 is 0 Å².